The van der Waals surface area contributed by atoms with Crippen molar-refractivity contribution < 1.29 is 38.3 Å². The minimum absolute atomic E-state index is 0.138. The minimum Gasteiger partial charge on any atom is -0.469 e. The van der Waals surface area contributed by atoms with Gasteiger partial charge in [0.25, 0.3) is 0 Å². The number of nitrogens with zero attached hydrogens (tertiary/aromatic N) is 1. The summed E-state index contributed by atoms with van der Waals surface area (Å²) in [7, 11) is 3.29. The quantitative estimate of drug-likeness (QED) is 0.356. The first-order chi connectivity index (χ1) is 8.96. The summed E-state index contributed by atoms with van der Waals surface area (Å²) in [5.41, 5.74) is -0.483. The van der Waals surface area contributed by atoms with Gasteiger partial charge in [0.2, 0.25) is 0 Å². The first kappa shape index (κ1) is 14.7. The van der Waals surface area contributed by atoms with Gasteiger partial charge in [0.1, 0.15) is 0 Å². The number of hydrogen-bond donors (Lipinski definition) is 0. The number of esters is 3. The molecule has 0 spiro atoms. The molecule has 9 nitrogen and oxygen atoms in total. The number of rotatable bonds is 4. The topological polar surface area (TPSA) is 114 Å². The second kappa shape index (κ2) is 6.03. The van der Waals surface area contributed by atoms with Gasteiger partial charge in [0, 0.05) is 0 Å². The van der Waals surface area contributed by atoms with Crippen LogP contribution in [0.4, 0.5) is 0 Å². The van der Waals surface area contributed by atoms with Gasteiger partial charge in [-0.1, -0.05) is 0 Å². The number of carbonyl (C=O) groups excluding carboxylic acids is 3. The summed E-state index contributed by atoms with van der Waals surface area (Å²) in [4.78, 5) is 38.7. The van der Waals surface area contributed by atoms with Crippen molar-refractivity contribution in [2.24, 2.45) is 5.92 Å². The Morgan fingerprint density at radius 1 is 1.21 bits per heavy atom. The van der Waals surface area contributed by atoms with E-state index in [1.165, 1.54) is 0 Å². The highest BCUT2D eigenvalue weighted by Gasteiger charge is 2.50. The summed E-state index contributed by atoms with van der Waals surface area (Å²) < 4.78 is 13.3. The molecule has 106 valence electrons. The Kier molecular flexibility index (Phi) is 4.67. The Hall–Kier alpha value is -2.32. The number of ether oxygens (including phenoxy) is 3. The van der Waals surface area contributed by atoms with Crippen LogP contribution in [0.15, 0.2) is 0 Å². The third-order valence-electron chi connectivity index (χ3n) is 2.56. The molecule has 9 heteroatoms. The van der Waals surface area contributed by atoms with E-state index in [4.69, 9.17) is 0 Å². The van der Waals surface area contributed by atoms with Gasteiger partial charge in [-0.15, -0.1) is 0 Å². The fourth-order valence-corrected chi connectivity index (χ4v) is 1.63. The van der Waals surface area contributed by atoms with E-state index in [1.807, 2.05) is 0 Å². The first-order valence-electron chi connectivity index (χ1n) is 5.20. The van der Waals surface area contributed by atoms with Gasteiger partial charge < -0.3 is 19.0 Å². The summed E-state index contributed by atoms with van der Waals surface area (Å²) in [6.45, 7) is 0. The minimum atomic E-state index is -1.39. The van der Waals surface area contributed by atoms with Crippen LogP contribution in [0.3, 0.4) is 0 Å². The third-order valence-corrected chi connectivity index (χ3v) is 2.56. The maximum Gasteiger partial charge on any atom is 0.405 e. The van der Waals surface area contributed by atoms with E-state index in [1.54, 1.807) is 0 Å². The second-order valence-electron chi connectivity index (χ2n) is 3.57. The molecule has 2 atom stereocenters. The Labute approximate surface area is 108 Å². The Bertz CT molecular complexity index is 429. The third kappa shape index (κ3) is 2.92. The van der Waals surface area contributed by atoms with Crippen LogP contribution in [-0.2, 0) is 33.4 Å². The van der Waals surface area contributed by atoms with E-state index in [9.17, 15) is 19.6 Å². The Morgan fingerprint density at radius 2 is 1.84 bits per heavy atom. The van der Waals surface area contributed by atoms with Crippen molar-refractivity contribution in [1.29, 1.82) is 0 Å². The smallest absolute Gasteiger partial charge is 0.405 e. The molecule has 0 saturated heterocycles. The van der Waals surface area contributed by atoms with E-state index in [0.717, 1.165) is 21.3 Å². The van der Waals surface area contributed by atoms with Crippen molar-refractivity contribution in [2.75, 3.05) is 21.3 Å². The fourth-order valence-electron chi connectivity index (χ4n) is 1.63. The molecule has 0 fully saturated rings. The van der Waals surface area contributed by atoms with Gasteiger partial charge in [0.15, 0.2) is 6.10 Å². The average molecular weight is 275 g/mol. The molecule has 0 aromatic carbocycles. The van der Waals surface area contributed by atoms with Crippen LogP contribution < -0.4 is 0 Å². The lowest BCUT2D eigenvalue weighted by Crippen LogP contribution is -2.37. The number of methoxy groups -OCH3 is 3. The van der Waals surface area contributed by atoms with Crippen LogP contribution in [0, 0.1) is 11.1 Å². The van der Waals surface area contributed by atoms with Crippen molar-refractivity contribution in [2.45, 2.75) is 12.5 Å². The van der Waals surface area contributed by atoms with Crippen LogP contribution in [0.1, 0.15) is 6.42 Å². The van der Waals surface area contributed by atoms with E-state index in [-0.39, 0.29) is 11.3 Å². The maximum absolute atomic E-state index is 11.5. The highest BCUT2D eigenvalue weighted by Crippen LogP contribution is 2.24. The molecule has 1 heterocycles. The Balaban J connectivity index is 3.05. The molecular weight excluding hydrogens is 262 g/mol. The zero-order chi connectivity index (χ0) is 14.6. The molecule has 0 aliphatic carbocycles. The van der Waals surface area contributed by atoms with Gasteiger partial charge in [0.05, 0.1) is 38.6 Å². The number of carbonyl (C=O) groups is 3. The van der Waals surface area contributed by atoms with Gasteiger partial charge >= 0.3 is 23.6 Å². The van der Waals surface area contributed by atoms with Crippen molar-refractivity contribution in [3.63, 3.8) is 0 Å². The monoisotopic (exact) mass is 275 g/mol. The molecule has 0 saturated carbocycles. The summed E-state index contributed by atoms with van der Waals surface area (Å²) in [5, 5.41) is 11.5. The molecular formula is C10H13NO8. The standard InChI is InChI=1S/C10H13NO8/c1-16-6(12)4-5-7(9(13)17-2)11(15)19-8(5)10(14)18-3/h5,8H,4H2,1-3H3/t5-,8-/m1/s1. The van der Waals surface area contributed by atoms with Gasteiger partial charge in [-0.05, 0) is 0 Å². The zero-order valence-electron chi connectivity index (χ0n) is 10.6. The summed E-state index contributed by atoms with van der Waals surface area (Å²) in [6, 6.07) is 0. The summed E-state index contributed by atoms with van der Waals surface area (Å²) in [6.07, 6.45) is -1.78. The maximum atomic E-state index is 11.5. The van der Waals surface area contributed by atoms with Crippen LogP contribution in [0.5, 0.6) is 0 Å². The highest BCUT2D eigenvalue weighted by atomic mass is 16.9. The van der Waals surface area contributed by atoms with E-state index in [0.29, 0.717) is 0 Å². The lowest BCUT2D eigenvalue weighted by atomic mass is 9.93. The second-order valence-corrected chi connectivity index (χ2v) is 3.57. The van der Waals surface area contributed by atoms with E-state index < -0.39 is 35.6 Å². The largest absolute Gasteiger partial charge is 0.469 e. The van der Waals surface area contributed by atoms with Crippen molar-refractivity contribution in [3.05, 3.63) is 5.21 Å². The lowest BCUT2D eigenvalue weighted by molar-refractivity contribution is -0.737. The molecule has 1 aliphatic rings. The lowest BCUT2D eigenvalue weighted by Gasteiger charge is -2.14. The molecule has 0 aromatic rings. The summed E-state index contributed by atoms with van der Waals surface area (Å²) in [5.74, 6) is -3.70. The first-order valence-corrected chi connectivity index (χ1v) is 5.20. The molecule has 1 rings (SSSR count). The van der Waals surface area contributed by atoms with Crippen molar-refractivity contribution in [3.8, 4) is 0 Å². The van der Waals surface area contributed by atoms with E-state index >= 15 is 0 Å². The summed E-state index contributed by atoms with van der Waals surface area (Å²) >= 11 is 0. The van der Waals surface area contributed by atoms with Crippen LogP contribution in [0.25, 0.3) is 0 Å². The molecule has 0 unspecified atom stereocenters. The predicted octanol–water partition coefficient (Wildman–Crippen LogP) is -1.22. The predicted molar refractivity (Wildman–Crippen MR) is 57.7 cm³/mol. The van der Waals surface area contributed by atoms with Gasteiger partial charge in [-0.25, -0.2) is 4.79 Å². The molecule has 1 aliphatic heterocycles. The van der Waals surface area contributed by atoms with Crippen molar-refractivity contribution in [1.82, 2.24) is 0 Å². The molecule has 0 aromatic heterocycles. The van der Waals surface area contributed by atoms with Crippen molar-refractivity contribution >= 4 is 23.6 Å². The van der Waals surface area contributed by atoms with Crippen LogP contribution in [-0.4, -0.2) is 56.0 Å². The molecule has 0 radical (unpaired) electrons. The normalized spacial score (nSPS) is 21.6. The zero-order valence-corrected chi connectivity index (χ0v) is 10.6. The van der Waals surface area contributed by atoms with Gasteiger partial charge in [-0.2, -0.15) is 0 Å². The number of hydrogen-bond acceptors (Lipinski definition) is 8. The molecule has 0 N–H and O–H groups in total. The molecule has 0 bridgehead atoms. The highest BCUT2D eigenvalue weighted by molar-refractivity contribution is 6.36. The fraction of sp³-hybridized carbons (Fsp3) is 0.600. The Morgan fingerprint density at radius 3 is 2.32 bits per heavy atom. The molecule has 0 amide bonds. The van der Waals surface area contributed by atoms with Crippen LogP contribution in [0.2, 0.25) is 0 Å². The average Bonchev–Trinajstić information content (AvgIpc) is 2.73. The van der Waals surface area contributed by atoms with E-state index in [2.05, 4.69) is 19.0 Å². The van der Waals surface area contributed by atoms with Gasteiger partial charge in [-0.3, -0.25) is 14.8 Å². The van der Waals surface area contributed by atoms with Crippen LogP contribution >= 0.6 is 0 Å². The SMILES string of the molecule is COC(=O)C[C@@H]1C(C(=O)OC)=[N+]([O-])O[C@H]1C(=O)OC. The molecule has 19 heavy (non-hydrogen) atoms.